The van der Waals surface area contributed by atoms with E-state index in [9.17, 15) is 4.79 Å². The average molecular weight is 215 g/mol. The number of rotatable bonds is 5. The number of carbonyl (C=O) groups excluding carboxylic acids is 1. The fourth-order valence-electron chi connectivity index (χ4n) is 1.91. The predicted octanol–water partition coefficient (Wildman–Crippen LogP) is 2.57. The van der Waals surface area contributed by atoms with Crippen molar-refractivity contribution in [2.24, 2.45) is 0 Å². The molecule has 1 heterocycles. The Morgan fingerprint density at radius 1 is 1.38 bits per heavy atom. The van der Waals surface area contributed by atoms with E-state index in [2.05, 4.69) is 17.5 Å². The molecule has 84 valence electrons. The summed E-state index contributed by atoms with van der Waals surface area (Å²) in [5, 5.41) is 3.24. The van der Waals surface area contributed by atoms with Crippen molar-refractivity contribution in [3.8, 4) is 0 Å². The Morgan fingerprint density at radius 2 is 2.12 bits per heavy atom. The zero-order valence-corrected chi connectivity index (χ0v) is 9.52. The molecule has 2 atom stereocenters. The van der Waals surface area contributed by atoms with Gasteiger partial charge in [-0.2, -0.15) is 0 Å². The van der Waals surface area contributed by atoms with Gasteiger partial charge < -0.3 is 5.32 Å². The minimum absolute atomic E-state index is 0.0488. The van der Waals surface area contributed by atoms with Gasteiger partial charge in [-0.05, 0) is 19.8 Å². The lowest BCUT2D eigenvalue weighted by Crippen LogP contribution is -2.11. The van der Waals surface area contributed by atoms with Gasteiger partial charge in [-0.1, -0.05) is 42.5 Å². The molecule has 0 radical (unpaired) electrons. The van der Waals surface area contributed by atoms with E-state index in [-0.39, 0.29) is 11.8 Å². The molecule has 1 aromatic rings. The zero-order valence-electron chi connectivity index (χ0n) is 9.52. The monoisotopic (exact) mass is 215 g/mol. The van der Waals surface area contributed by atoms with Crippen LogP contribution < -0.4 is 5.32 Å². The van der Waals surface area contributed by atoms with Crippen molar-refractivity contribution in [1.29, 1.82) is 0 Å². The second-order valence-electron chi connectivity index (χ2n) is 4.13. The Hall–Kier alpha value is -1.41. The van der Waals surface area contributed by atoms with Crippen molar-refractivity contribution in [1.82, 2.24) is 5.32 Å². The standard InChI is InChI=1S/C14H17NO/c1-2-3-5-10-12-13(15-12)14(16)11-8-6-4-7-9-11/h2-4,6-9,12-13,15H,5,10H2,1H3/b3-2+/t12-,13+/m1/s1. The van der Waals surface area contributed by atoms with Crippen LogP contribution in [-0.2, 0) is 0 Å². The lowest BCUT2D eigenvalue weighted by Gasteiger charge is -1.97. The maximum atomic E-state index is 12.0. The molecular weight excluding hydrogens is 198 g/mol. The van der Waals surface area contributed by atoms with E-state index >= 15 is 0 Å². The highest BCUT2D eigenvalue weighted by molar-refractivity contribution is 6.02. The molecule has 1 saturated heterocycles. The van der Waals surface area contributed by atoms with Crippen LogP contribution in [0, 0.1) is 0 Å². The third-order valence-corrected chi connectivity index (χ3v) is 2.91. The zero-order chi connectivity index (χ0) is 11.4. The van der Waals surface area contributed by atoms with Crippen molar-refractivity contribution in [3.63, 3.8) is 0 Å². The summed E-state index contributed by atoms with van der Waals surface area (Å²) in [5.74, 6) is 0.228. The van der Waals surface area contributed by atoms with Crippen LogP contribution in [0.15, 0.2) is 42.5 Å². The SMILES string of the molecule is C/C=C/CC[C@H]1N[C@@H]1C(=O)c1ccccc1. The van der Waals surface area contributed by atoms with Crippen molar-refractivity contribution < 1.29 is 4.79 Å². The van der Waals surface area contributed by atoms with Gasteiger partial charge in [0.2, 0.25) is 0 Å². The molecular formula is C14H17NO. The number of hydrogen-bond donors (Lipinski definition) is 1. The topological polar surface area (TPSA) is 39.0 Å². The number of carbonyl (C=O) groups is 1. The second-order valence-corrected chi connectivity index (χ2v) is 4.13. The third-order valence-electron chi connectivity index (χ3n) is 2.91. The minimum Gasteiger partial charge on any atom is -0.301 e. The highest BCUT2D eigenvalue weighted by atomic mass is 16.1. The molecule has 2 nitrogen and oxygen atoms in total. The smallest absolute Gasteiger partial charge is 0.181 e. The average Bonchev–Trinajstić information content (AvgIpc) is 3.09. The van der Waals surface area contributed by atoms with E-state index in [1.54, 1.807) is 0 Å². The van der Waals surface area contributed by atoms with Crippen molar-refractivity contribution in [3.05, 3.63) is 48.0 Å². The van der Waals surface area contributed by atoms with E-state index in [1.807, 2.05) is 37.3 Å². The molecule has 0 aromatic heterocycles. The fraction of sp³-hybridized carbons (Fsp3) is 0.357. The van der Waals surface area contributed by atoms with Gasteiger partial charge in [0, 0.05) is 11.6 Å². The Morgan fingerprint density at radius 3 is 2.81 bits per heavy atom. The molecule has 1 aliphatic heterocycles. The lowest BCUT2D eigenvalue weighted by atomic mass is 10.0. The molecule has 0 spiro atoms. The molecule has 1 aromatic carbocycles. The first-order chi connectivity index (χ1) is 7.83. The second kappa shape index (κ2) is 5.08. The molecule has 2 rings (SSSR count). The number of benzene rings is 1. The van der Waals surface area contributed by atoms with Gasteiger partial charge >= 0.3 is 0 Å². The van der Waals surface area contributed by atoms with E-state index in [4.69, 9.17) is 0 Å². The fourth-order valence-corrected chi connectivity index (χ4v) is 1.91. The number of ketones is 1. The van der Waals surface area contributed by atoms with Crippen LogP contribution in [0.1, 0.15) is 30.1 Å². The Balaban J connectivity index is 1.85. The van der Waals surface area contributed by atoms with Gasteiger partial charge in [-0.25, -0.2) is 0 Å². The number of allylic oxidation sites excluding steroid dienone is 2. The summed E-state index contributed by atoms with van der Waals surface area (Å²) in [4.78, 5) is 12.0. The van der Waals surface area contributed by atoms with Crippen LogP contribution in [0.5, 0.6) is 0 Å². The molecule has 0 saturated carbocycles. The van der Waals surface area contributed by atoms with E-state index in [1.165, 1.54) is 0 Å². The van der Waals surface area contributed by atoms with Crippen LogP contribution in [0.2, 0.25) is 0 Å². The summed E-state index contributed by atoms with van der Waals surface area (Å²) in [6.45, 7) is 2.02. The molecule has 1 N–H and O–H groups in total. The molecule has 0 bridgehead atoms. The van der Waals surface area contributed by atoms with Gasteiger partial charge in [0.1, 0.15) is 0 Å². The van der Waals surface area contributed by atoms with Gasteiger partial charge in [0.25, 0.3) is 0 Å². The van der Waals surface area contributed by atoms with E-state index in [0.717, 1.165) is 18.4 Å². The van der Waals surface area contributed by atoms with Gasteiger partial charge in [-0.15, -0.1) is 0 Å². The quantitative estimate of drug-likeness (QED) is 0.466. The minimum atomic E-state index is 0.0488. The first kappa shape index (κ1) is 11.1. The normalized spacial score (nSPS) is 23.6. The Kier molecular flexibility index (Phi) is 3.52. The maximum Gasteiger partial charge on any atom is 0.181 e. The number of hydrogen-bond acceptors (Lipinski definition) is 2. The van der Waals surface area contributed by atoms with E-state index < -0.39 is 0 Å². The largest absolute Gasteiger partial charge is 0.301 e. The summed E-state index contributed by atoms with van der Waals surface area (Å²) in [6.07, 6.45) is 6.29. The Bertz CT molecular complexity index is 383. The van der Waals surface area contributed by atoms with Crippen molar-refractivity contribution >= 4 is 5.78 Å². The summed E-state index contributed by atoms with van der Waals surface area (Å²) in [5.41, 5.74) is 0.813. The molecule has 0 aliphatic carbocycles. The van der Waals surface area contributed by atoms with Crippen LogP contribution in [0.25, 0.3) is 0 Å². The molecule has 16 heavy (non-hydrogen) atoms. The molecule has 1 aliphatic rings. The highest BCUT2D eigenvalue weighted by Crippen LogP contribution is 2.21. The number of nitrogens with one attached hydrogen (secondary N) is 1. The van der Waals surface area contributed by atoms with Gasteiger partial charge in [0.05, 0.1) is 6.04 Å². The first-order valence-electron chi connectivity index (χ1n) is 5.79. The van der Waals surface area contributed by atoms with Crippen LogP contribution >= 0.6 is 0 Å². The predicted molar refractivity (Wildman–Crippen MR) is 65.5 cm³/mol. The summed E-state index contributed by atoms with van der Waals surface area (Å²) >= 11 is 0. The highest BCUT2D eigenvalue weighted by Gasteiger charge is 2.41. The van der Waals surface area contributed by atoms with Crippen molar-refractivity contribution in [2.45, 2.75) is 31.8 Å². The molecule has 0 unspecified atom stereocenters. The van der Waals surface area contributed by atoms with Crippen LogP contribution in [0.3, 0.4) is 0 Å². The lowest BCUT2D eigenvalue weighted by molar-refractivity contribution is 0.0988. The summed E-state index contributed by atoms with van der Waals surface area (Å²) in [6, 6.07) is 9.93. The van der Waals surface area contributed by atoms with Gasteiger partial charge in [-0.3, -0.25) is 4.79 Å². The third kappa shape index (κ3) is 2.58. The first-order valence-corrected chi connectivity index (χ1v) is 5.79. The van der Waals surface area contributed by atoms with E-state index in [0.29, 0.717) is 6.04 Å². The van der Waals surface area contributed by atoms with Crippen molar-refractivity contribution in [2.75, 3.05) is 0 Å². The van der Waals surface area contributed by atoms with Crippen LogP contribution in [-0.4, -0.2) is 17.9 Å². The molecule has 0 amide bonds. The summed E-state index contributed by atoms with van der Waals surface area (Å²) in [7, 11) is 0. The maximum absolute atomic E-state index is 12.0. The Labute approximate surface area is 96.4 Å². The molecule has 2 heteroatoms. The van der Waals surface area contributed by atoms with Gasteiger partial charge in [0.15, 0.2) is 5.78 Å². The number of Topliss-reactive ketones (excluding diaryl/α,β-unsaturated/α-hetero) is 1. The molecule has 1 fully saturated rings. The summed E-state index contributed by atoms with van der Waals surface area (Å²) < 4.78 is 0. The van der Waals surface area contributed by atoms with Crippen LogP contribution in [0.4, 0.5) is 0 Å².